The molecule has 0 aliphatic rings. The number of hydrogen-bond acceptors (Lipinski definition) is 7. The molecule has 0 atom stereocenters. The second-order valence-corrected chi connectivity index (χ2v) is 7.19. The monoisotopic (exact) mass is 448 g/mol. The van der Waals surface area contributed by atoms with E-state index in [1.807, 2.05) is 0 Å². The summed E-state index contributed by atoms with van der Waals surface area (Å²) in [5, 5.41) is 18.3. The number of methoxy groups -OCH3 is 1. The predicted octanol–water partition coefficient (Wildman–Crippen LogP) is 1.99. The molecule has 0 saturated heterocycles. The molecule has 2 aromatic heterocycles. The smallest absolute Gasteiger partial charge is 0.269 e. The van der Waals surface area contributed by atoms with Gasteiger partial charge in [0.2, 0.25) is 0 Å². The predicted molar refractivity (Wildman–Crippen MR) is 119 cm³/mol. The van der Waals surface area contributed by atoms with Gasteiger partial charge in [-0.25, -0.2) is 9.67 Å². The molecular weight excluding hydrogens is 428 g/mol. The van der Waals surface area contributed by atoms with Crippen molar-refractivity contribution < 1.29 is 14.5 Å². The minimum Gasteiger partial charge on any atom is -0.497 e. The summed E-state index contributed by atoms with van der Waals surface area (Å²) in [4.78, 5) is 39.9. The molecule has 4 rings (SSSR count). The highest BCUT2D eigenvalue weighted by atomic mass is 16.6. The molecule has 0 aliphatic heterocycles. The number of aromatic nitrogens is 4. The Bertz CT molecular complexity index is 1380. The van der Waals surface area contributed by atoms with Crippen molar-refractivity contribution in [3.63, 3.8) is 0 Å². The molecular formula is C22H20N6O5. The largest absolute Gasteiger partial charge is 0.497 e. The molecule has 33 heavy (non-hydrogen) atoms. The number of nitro benzene ring substituents is 1. The highest BCUT2D eigenvalue weighted by molar-refractivity contribution is 5.94. The fourth-order valence-electron chi connectivity index (χ4n) is 3.36. The van der Waals surface area contributed by atoms with Crippen molar-refractivity contribution in [1.29, 1.82) is 0 Å². The van der Waals surface area contributed by atoms with Gasteiger partial charge in [-0.2, -0.15) is 5.10 Å². The zero-order chi connectivity index (χ0) is 23.4. The van der Waals surface area contributed by atoms with Gasteiger partial charge in [-0.15, -0.1) is 0 Å². The van der Waals surface area contributed by atoms with E-state index < -0.39 is 4.92 Å². The minimum atomic E-state index is -0.481. The van der Waals surface area contributed by atoms with Gasteiger partial charge < -0.3 is 10.1 Å². The van der Waals surface area contributed by atoms with Crippen LogP contribution in [0.25, 0.3) is 11.0 Å². The van der Waals surface area contributed by atoms with Crippen LogP contribution >= 0.6 is 0 Å². The summed E-state index contributed by atoms with van der Waals surface area (Å²) in [7, 11) is 1.56. The number of carbonyl (C=O) groups is 1. The normalized spacial score (nSPS) is 10.8. The SMILES string of the molecule is COc1ccc(C(=O)NCCn2ncc3c(=O)n(Cc4cccc([N+](=O)[O-])c4)cnc32)cc1. The topological polar surface area (TPSA) is 134 Å². The highest BCUT2D eigenvalue weighted by Crippen LogP contribution is 2.14. The van der Waals surface area contributed by atoms with Crippen molar-refractivity contribution in [1.82, 2.24) is 24.6 Å². The maximum Gasteiger partial charge on any atom is 0.269 e. The van der Waals surface area contributed by atoms with Gasteiger partial charge in [0.15, 0.2) is 5.65 Å². The van der Waals surface area contributed by atoms with Gasteiger partial charge in [0.05, 0.1) is 31.3 Å². The maximum absolute atomic E-state index is 12.8. The third-order valence-electron chi connectivity index (χ3n) is 5.06. The van der Waals surface area contributed by atoms with Gasteiger partial charge in [-0.3, -0.25) is 24.3 Å². The number of nitro groups is 1. The van der Waals surface area contributed by atoms with Gasteiger partial charge >= 0.3 is 0 Å². The van der Waals surface area contributed by atoms with Crippen LogP contribution in [0.15, 0.2) is 65.8 Å². The number of carbonyl (C=O) groups excluding carboxylic acids is 1. The number of benzene rings is 2. The van der Waals surface area contributed by atoms with Crippen LogP contribution in [0.4, 0.5) is 5.69 Å². The first kappa shape index (κ1) is 21.7. The number of nitrogens with zero attached hydrogens (tertiary/aromatic N) is 5. The average Bonchev–Trinajstić information content (AvgIpc) is 3.24. The van der Waals surface area contributed by atoms with E-state index >= 15 is 0 Å². The highest BCUT2D eigenvalue weighted by Gasteiger charge is 2.12. The summed E-state index contributed by atoms with van der Waals surface area (Å²) in [6, 6.07) is 12.8. The molecule has 11 nitrogen and oxygen atoms in total. The summed E-state index contributed by atoms with van der Waals surface area (Å²) in [6.45, 7) is 0.763. The number of hydrogen-bond donors (Lipinski definition) is 1. The first-order chi connectivity index (χ1) is 16.0. The minimum absolute atomic E-state index is 0.0425. The Morgan fingerprint density at radius 3 is 2.73 bits per heavy atom. The zero-order valence-electron chi connectivity index (χ0n) is 17.7. The van der Waals surface area contributed by atoms with Crippen LogP contribution in [0.5, 0.6) is 5.75 Å². The van der Waals surface area contributed by atoms with Gasteiger partial charge in [-0.05, 0) is 29.8 Å². The standard InChI is InChI=1S/C22H20N6O5/c1-33-18-7-5-16(6-8-18)21(29)23-9-10-27-20-19(12-25-27)22(30)26(14-24-20)13-15-3-2-4-17(11-15)28(31)32/h2-8,11-12,14H,9-10,13H2,1H3,(H,23,29). The van der Waals surface area contributed by atoms with Crippen molar-refractivity contribution in [2.75, 3.05) is 13.7 Å². The first-order valence-electron chi connectivity index (χ1n) is 10.0. The number of rotatable bonds is 8. The Balaban J connectivity index is 1.44. The Kier molecular flexibility index (Phi) is 6.11. The molecule has 0 fully saturated rings. The summed E-state index contributed by atoms with van der Waals surface area (Å²) in [5.41, 5.74) is 1.16. The van der Waals surface area contributed by atoms with Gasteiger partial charge in [0.1, 0.15) is 17.5 Å². The van der Waals surface area contributed by atoms with Crippen molar-refractivity contribution in [3.05, 3.63) is 92.7 Å². The summed E-state index contributed by atoms with van der Waals surface area (Å²) >= 11 is 0. The van der Waals surface area contributed by atoms with E-state index in [1.165, 1.54) is 29.2 Å². The summed E-state index contributed by atoms with van der Waals surface area (Å²) in [6.07, 6.45) is 2.82. The van der Waals surface area contributed by atoms with Crippen LogP contribution in [-0.2, 0) is 13.1 Å². The van der Waals surface area contributed by atoms with Crippen LogP contribution in [0, 0.1) is 10.1 Å². The molecule has 168 valence electrons. The quantitative estimate of drug-likeness (QED) is 0.322. The Morgan fingerprint density at radius 2 is 2.00 bits per heavy atom. The van der Waals surface area contributed by atoms with Gasteiger partial charge in [-0.1, -0.05) is 12.1 Å². The van der Waals surface area contributed by atoms with Crippen molar-refractivity contribution in [2.24, 2.45) is 0 Å². The van der Waals surface area contributed by atoms with Crippen LogP contribution in [0.2, 0.25) is 0 Å². The van der Waals surface area contributed by atoms with E-state index in [2.05, 4.69) is 15.4 Å². The van der Waals surface area contributed by atoms with Crippen LogP contribution in [0.3, 0.4) is 0 Å². The van der Waals surface area contributed by atoms with Crippen molar-refractivity contribution >= 4 is 22.6 Å². The number of amides is 1. The Labute approximate surface area is 187 Å². The summed E-state index contributed by atoms with van der Waals surface area (Å²) in [5.74, 6) is 0.429. The molecule has 2 heterocycles. The molecule has 1 N–H and O–H groups in total. The number of fused-ring (bicyclic) bond motifs is 1. The van der Waals surface area contributed by atoms with E-state index in [-0.39, 0.29) is 23.7 Å². The van der Waals surface area contributed by atoms with Crippen LogP contribution < -0.4 is 15.6 Å². The molecule has 0 spiro atoms. The van der Waals surface area contributed by atoms with E-state index in [9.17, 15) is 19.7 Å². The summed E-state index contributed by atoms with van der Waals surface area (Å²) < 4.78 is 8.00. The average molecular weight is 448 g/mol. The Morgan fingerprint density at radius 1 is 1.21 bits per heavy atom. The number of nitrogens with one attached hydrogen (secondary N) is 1. The number of ether oxygens (including phenoxy) is 1. The third kappa shape index (κ3) is 4.71. The zero-order valence-corrected chi connectivity index (χ0v) is 17.7. The van der Waals surface area contributed by atoms with Gasteiger partial charge in [0.25, 0.3) is 17.2 Å². The maximum atomic E-state index is 12.8. The lowest BCUT2D eigenvalue weighted by atomic mass is 10.2. The molecule has 0 saturated carbocycles. The lowest BCUT2D eigenvalue weighted by Gasteiger charge is -2.08. The van der Waals surface area contributed by atoms with Crippen LogP contribution in [0.1, 0.15) is 15.9 Å². The van der Waals surface area contributed by atoms with E-state index in [0.717, 1.165) is 0 Å². The molecule has 11 heteroatoms. The fourth-order valence-corrected chi connectivity index (χ4v) is 3.36. The van der Waals surface area contributed by atoms with E-state index in [1.54, 1.807) is 48.2 Å². The molecule has 0 unspecified atom stereocenters. The Hall–Kier alpha value is -4.54. The molecule has 0 bridgehead atoms. The second kappa shape index (κ2) is 9.30. The van der Waals surface area contributed by atoms with Crippen molar-refractivity contribution in [2.45, 2.75) is 13.1 Å². The molecule has 0 radical (unpaired) electrons. The number of non-ortho nitro benzene ring substituents is 1. The third-order valence-corrected chi connectivity index (χ3v) is 5.06. The molecule has 0 aliphatic carbocycles. The van der Waals surface area contributed by atoms with E-state index in [4.69, 9.17) is 4.74 Å². The van der Waals surface area contributed by atoms with Crippen LogP contribution in [-0.4, -0.2) is 43.8 Å². The van der Waals surface area contributed by atoms with Gasteiger partial charge in [0, 0.05) is 24.2 Å². The fraction of sp³-hybridized carbons (Fsp3) is 0.182. The van der Waals surface area contributed by atoms with E-state index in [0.29, 0.717) is 41.0 Å². The second-order valence-electron chi connectivity index (χ2n) is 7.19. The molecule has 4 aromatic rings. The first-order valence-corrected chi connectivity index (χ1v) is 10.0. The molecule has 2 aromatic carbocycles. The lowest BCUT2D eigenvalue weighted by molar-refractivity contribution is -0.384. The lowest BCUT2D eigenvalue weighted by Crippen LogP contribution is -2.27. The van der Waals surface area contributed by atoms with Crippen molar-refractivity contribution in [3.8, 4) is 5.75 Å². The molecule has 1 amide bonds.